The van der Waals surface area contributed by atoms with E-state index >= 15 is 0 Å². The number of benzene rings is 1. The Hall–Kier alpha value is -1.94. The largest absolute Gasteiger partial charge is 0.276 e. The Morgan fingerprint density at radius 1 is 1.22 bits per heavy atom. The molecule has 0 fully saturated rings. The predicted molar refractivity (Wildman–Crippen MR) is 66.4 cm³/mol. The summed E-state index contributed by atoms with van der Waals surface area (Å²) in [5.74, 6) is -0.691. The van der Waals surface area contributed by atoms with E-state index in [2.05, 4.69) is 0 Å². The van der Waals surface area contributed by atoms with Crippen LogP contribution in [0.25, 0.3) is 0 Å². The van der Waals surface area contributed by atoms with Gasteiger partial charge < -0.3 is 0 Å². The van der Waals surface area contributed by atoms with Gasteiger partial charge in [0.1, 0.15) is 0 Å². The molecule has 18 heavy (non-hydrogen) atoms. The molecule has 1 aromatic rings. The minimum absolute atomic E-state index is 0.0522. The quantitative estimate of drug-likeness (QED) is 0.476. The van der Waals surface area contributed by atoms with E-state index in [4.69, 9.17) is 11.6 Å². The Balaban J connectivity index is 2.24. The van der Waals surface area contributed by atoms with Gasteiger partial charge in [-0.05, 0) is 30.7 Å². The monoisotopic (exact) mass is 263 g/mol. The van der Waals surface area contributed by atoms with Gasteiger partial charge in [-0.15, -0.1) is 0 Å². The van der Waals surface area contributed by atoms with Crippen LogP contribution in [0.15, 0.2) is 35.9 Å². The third-order valence-corrected chi connectivity index (χ3v) is 3.07. The number of allylic oxidation sites excluding steroid dienone is 1. The second kappa shape index (κ2) is 4.74. The van der Waals surface area contributed by atoms with E-state index in [0.29, 0.717) is 16.7 Å². The number of rotatable bonds is 3. The van der Waals surface area contributed by atoms with Gasteiger partial charge in [0.05, 0.1) is 11.1 Å². The molecule has 92 valence electrons. The van der Waals surface area contributed by atoms with Crippen LogP contribution in [0.1, 0.15) is 27.6 Å². The van der Waals surface area contributed by atoms with E-state index < -0.39 is 5.24 Å². The molecular formula is C13H10ClNO3. The maximum absolute atomic E-state index is 11.9. The lowest BCUT2D eigenvalue weighted by atomic mass is 10.1. The summed E-state index contributed by atoms with van der Waals surface area (Å²) < 4.78 is 0. The lowest BCUT2D eigenvalue weighted by Crippen LogP contribution is -2.30. The zero-order chi connectivity index (χ0) is 13.3. The standard InChI is InChI=1S/C13H10ClNO3/c1-8(11(14)16)6-7-15-12(17)9-4-2-3-5-10(9)13(15)18/h2-6H,7H2,1H3/b8-6+. The molecule has 0 saturated heterocycles. The zero-order valence-electron chi connectivity index (χ0n) is 9.64. The lowest BCUT2D eigenvalue weighted by molar-refractivity contribution is -0.108. The highest BCUT2D eigenvalue weighted by atomic mass is 35.5. The van der Waals surface area contributed by atoms with Crippen molar-refractivity contribution in [1.82, 2.24) is 4.90 Å². The van der Waals surface area contributed by atoms with Crippen LogP contribution in [0.4, 0.5) is 0 Å². The molecule has 0 atom stereocenters. The molecule has 1 aliphatic heterocycles. The van der Waals surface area contributed by atoms with E-state index in [1.165, 1.54) is 13.0 Å². The van der Waals surface area contributed by atoms with Gasteiger partial charge in [-0.2, -0.15) is 0 Å². The van der Waals surface area contributed by atoms with Crippen molar-refractivity contribution in [1.29, 1.82) is 0 Å². The molecule has 4 nitrogen and oxygen atoms in total. The van der Waals surface area contributed by atoms with Crippen LogP contribution >= 0.6 is 11.6 Å². The normalized spacial score (nSPS) is 15.0. The first kappa shape index (κ1) is 12.5. The van der Waals surface area contributed by atoms with Gasteiger partial charge in [0, 0.05) is 12.1 Å². The number of hydrogen-bond acceptors (Lipinski definition) is 3. The Morgan fingerprint density at radius 3 is 2.17 bits per heavy atom. The SMILES string of the molecule is C/C(=C\CN1C(=O)c2ccccc2C1=O)C(=O)Cl. The Morgan fingerprint density at radius 2 is 1.72 bits per heavy atom. The second-order valence-corrected chi connectivity index (χ2v) is 4.27. The molecular weight excluding hydrogens is 254 g/mol. The van der Waals surface area contributed by atoms with E-state index in [0.717, 1.165) is 4.90 Å². The Labute approximate surface area is 109 Å². The summed E-state index contributed by atoms with van der Waals surface area (Å²) in [7, 11) is 0. The van der Waals surface area contributed by atoms with Gasteiger partial charge in [-0.3, -0.25) is 19.3 Å². The molecule has 0 radical (unpaired) electrons. The highest BCUT2D eigenvalue weighted by Crippen LogP contribution is 2.22. The molecule has 2 amide bonds. The van der Waals surface area contributed by atoms with Crippen LogP contribution in [0.5, 0.6) is 0 Å². The van der Waals surface area contributed by atoms with Crippen molar-refractivity contribution in [3.05, 3.63) is 47.0 Å². The molecule has 0 unspecified atom stereocenters. The van der Waals surface area contributed by atoms with Crippen molar-refractivity contribution >= 4 is 28.7 Å². The minimum atomic E-state index is -0.591. The molecule has 2 rings (SSSR count). The average Bonchev–Trinajstić information content (AvgIpc) is 2.60. The number of hydrogen-bond donors (Lipinski definition) is 0. The number of halogens is 1. The van der Waals surface area contributed by atoms with Crippen molar-refractivity contribution in [3.8, 4) is 0 Å². The molecule has 0 bridgehead atoms. The molecule has 0 spiro atoms. The number of imide groups is 1. The van der Waals surface area contributed by atoms with Gasteiger partial charge in [0.25, 0.3) is 11.8 Å². The van der Waals surface area contributed by atoms with Crippen molar-refractivity contribution < 1.29 is 14.4 Å². The van der Waals surface area contributed by atoms with Crippen molar-refractivity contribution in [2.24, 2.45) is 0 Å². The van der Waals surface area contributed by atoms with Crippen LogP contribution in [0.3, 0.4) is 0 Å². The van der Waals surface area contributed by atoms with Gasteiger partial charge in [-0.1, -0.05) is 18.2 Å². The fraction of sp³-hybridized carbons (Fsp3) is 0.154. The summed E-state index contributed by atoms with van der Waals surface area (Å²) in [6.07, 6.45) is 1.47. The summed E-state index contributed by atoms with van der Waals surface area (Å²) in [6.45, 7) is 1.59. The van der Waals surface area contributed by atoms with Crippen LogP contribution in [-0.2, 0) is 4.79 Å². The van der Waals surface area contributed by atoms with Crippen LogP contribution in [-0.4, -0.2) is 28.5 Å². The van der Waals surface area contributed by atoms with Crippen LogP contribution < -0.4 is 0 Å². The minimum Gasteiger partial charge on any atom is -0.276 e. The van der Waals surface area contributed by atoms with E-state index in [-0.39, 0.29) is 18.4 Å². The predicted octanol–water partition coefficient (Wildman–Crippen LogP) is 1.99. The number of carbonyl (C=O) groups excluding carboxylic acids is 3. The van der Waals surface area contributed by atoms with Gasteiger partial charge in [0.2, 0.25) is 5.24 Å². The number of amides is 2. The first-order valence-corrected chi connectivity index (χ1v) is 5.72. The van der Waals surface area contributed by atoms with Crippen molar-refractivity contribution in [2.75, 3.05) is 6.54 Å². The Bertz CT molecular complexity index is 542. The molecule has 5 heteroatoms. The topological polar surface area (TPSA) is 54.5 Å². The molecule has 0 saturated carbocycles. The molecule has 0 aliphatic carbocycles. The number of nitrogens with zero attached hydrogens (tertiary/aromatic N) is 1. The first-order valence-electron chi connectivity index (χ1n) is 5.34. The second-order valence-electron chi connectivity index (χ2n) is 3.93. The van der Waals surface area contributed by atoms with Gasteiger partial charge >= 0.3 is 0 Å². The fourth-order valence-corrected chi connectivity index (χ4v) is 1.79. The molecule has 0 aromatic heterocycles. The number of carbonyl (C=O) groups is 3. The van der Waals surface area contributed by atoms with E-state index in [9.17, 15) is 14.4 Å². The molecule has 1 heterocycles. The smallest absolute Gasteiger partial charge is 0.261 e. The van der Waals surface area contributed by atoms with Crippen LogP contribution in [0, 0.1) is 0 Å². The van der Waals surface area contributed by atoms with Gasteiger partial charge in [0.15, 0.2) is 0 Å². The first-order chi connectivity index (χ1) is 8.52. The van der Waals surface area contributed by atoms with Gasteiger partial charge in [-0.25, -0.2) is 0 Å². The van der Waals surface area contributed by atoms with E-state index in [1.54, 1.807) is 24.3 Å². The summed E-state index contributed by atoms with van der Waals surface area (Å²) in [6, 6.07) is 6.63. The number of fused-ring (bicyclic) bond motifs is 1. The molecule has 1 aromatic carbocycles. The summed E-state index contributed by atoms with van der Waals surface area (Å²) >= 11 is 5.28. The highest BCUT2D eigenvalue weighted by Gasteiger charge is 2.34. The lowest BCUT2D eigenvalue weighted by Gasteiger charge is -2.10. The molecule has 0 N–H and O–H groups in total. The summed E-state index contributed by atoms with van der Waals surface area (Å²) in [5, 5.41) is -0.591. The maximum Gasteiger partial charge on any atom is 0.261 e. The Kier molecular flexibility index (Phi) is 3.30. The summed E-state index contributed by atoms with van der Waals surface area (Å²) in [4.78, 5) is 35.8. The molecule has 1 aliphatic rings. The van der Waals surface area contributed by atoms with Crippen molar-refractivity contribution in [2.45, 2.75) is 6.92 Å². The average molecular weight is 264 g/mol. The summed E-state index contributed by atoms with van der Waals surface area (Å²) in [5.41, 5.74) is 1.10. The van der Waals surface area contributed by atoms with E-state index in [1.807, 2.05) is 0 Å². The van der Waals surface area contributed by atoms with Crippen LogP contribution in [0.2, 0.25) is 0 Å². The van der Waals surface area contributed by atoms with Crippen molar-refractivity contribution in [3.63, 3.8) is 0 Å². The maximum atomic E-state index is 11.9. The third-order valence-electron chi connectivity index (χ3n) is 2.77. The third kappa shape index (κ3) is 2.07. The zero-order valence-corrected chi connectivity index (χ0v) is 10.4. The highest BCUT2D eigenvalue weighted by molar-refractivity contribution is 6.67. The fourth-order valence-electron chi connectivity index (χ4n) is 1.71.